The topological polar surface area (TPSA) is 82.1 Å². The molecule has 12 heavy (non-hydrogen) atoms. The molecule has 2 rings (SSSR count). The molecule has 1 fully saturated rings. The lowest BCUT2D eigenvalue weighted by atomic mass is 10.2. The van der Waals surface area contributed by atoms with Gasteiger partial charge in [0, 0.05) is 5.69 Å². The van der Waals surface area contributed by atoms with E-state index in [4.69, 9.17) is 5.73 Å². The molecule has 3 N–H and O–H groups in total. The number of benzene rings is 1. The Bertz CT molecular complexity index is 413. The van der Waals surface area contributed by atoms with E-state index in [1.54, 1.807) is 24.3 Å². The summed E-state index contributed by atoms with van der Waals surface area (Å²) in [6.07, 6.45) is 0. The molecule has 1 atom stereocenters. The minimum atomic E-state index is -3.03. The molecular formula is C7H8N2O2S. The molecule has 1 unspecified atom stereocenters. The largest absolute Gasteiger partial charge is 0.399 e. The zero-order chi connectivity index (χ0) is 8.77. The van der Waals surface area contributed by atoms with E-state index in [1.165, 1.54) is 0 Å². The second-order valence-corrected chi connectivity index (χ2v) is 4.51. The second-order valence-electron chi connectivity index (χ2n) is 2.71. The average molecular weight is 184 g/mol. The van der Waals surface area contributed by atoms with E-state index < -0.39 is 15.4 Å². The smallest absolute Gasteiger partial charge is 0.234 e. The van der Waals surface area contributed by atoms with Crippen LogP contribution in [-0.2, 0) is 10.0 Å². The van der Waals surface area contributed by atoms with E-state index in [2.05, 4.69) is 4.72 Å². The normalized spacial score (nSPS) is 25.2. The van der Waals surface area contributed by atoms with Crippen LogP contribution in [0.25, 0.3) is 0 Å². The third kappa shape index (κ3) is 1.17. The summed E-state index contributed by atoms with van der Waals surface area (Å²) in [6, 6.07) is 6.85. The van der Waals surface area contributed by atoms with Crippen LogP contribution < -0.4 is 10.5 Å². The first-order valence-corrected chi connectivity index (χ1v) is 5.01. The Labute approximate surface area is 70.4 Å². The van der Waals surface area contributed by atoms with Crippen molar-refractivity contribution >= 4 is 15.7 Å². The van der Waals surface area contributed by atoms with Crippen molar-refractivity contribution in [2.75, 3.05) is 5.73 Å². The first-order chi connectivity index (χ1) is 5.59. The van der Waals surface area contributed by atoms with Gasteiger partial charge in [0.1, 0.15) is 0 Å². The molecule has 4 nitrogen and oxygen atoms in total. The van der Waals surface area contributed by atoms with Crippen molar-refractivity contribution in [1.29, 1.82) is 0 Å². The number of rotatable bonds is 1. The Morgan fingerprint density at radius 2 is 2.08 bits per heavy atom. The van der Waals surface area contributed by atoms with Gasteiger partial charge in [0.2, 0.25) is 10.0 Å². The molecule has 0 radical (unpaired) electrons. The Hall–Kier alpha value is -1.07. The van der Waals surface area contributed by atoms with Crippen LogP contribution in [0.3, 0.4) is 0 Å². The van der Waals surface area contributed by atoms with Crippen molar-refractivity contribution in [2.45, 2.75) is 5.37 Å². The summed E-state index contributed by atoms with van der Waals surface area (Å²) in [5.41, 5.74) is 6.77. The maximum atomic E-state index is 10.8. The summed E-state index contributed by atoms with van der Waals surface area (Å²) in [5, 5.41) is -0.541. The van der Waals surface area contributed by atoms with Gasteiger partial charge in [0.25, 0.3) is 0 Å². The molecule has 1 saturated heterocycles. The number of hydrogen-bond acceptors (Lipinski definition) is 3. The van der Waals surface area contributed by atoms with Gasteiger partial charge in [0.15, 0.2) is 5.37 Å². The van der Waals surface area contributed by atoms with Crippen LogP contribution in [0.15, 0.2) is 24.3 Å². The summed E-state index contributed by atoms with van der Waals surface area (Å²) in [5.74, 6) is 0. The average Bonchev–Trinajstić information content (AvgIpc) is 2.60. The Kier molecular flexibility index (Phi) is 1.39. The van der Waals surface area contributed by atoms with Crippen molar-refractivity contribution < 1.29 is 8.42 Å². The van der Waals surface area contributed by atoms with Gasteiger partial charge in [0.05, 0.1) is 0 Å². The molecule has 0 bridgehead atoms. The second kappa shape index (κ2) is 2.21. The van der Waals surface area contributed by atoms with E-state index in [1.807, 2.05) is 0 Å². The van der Waals surface area contributed by atoms with Crippen LogP contribution in [0, 0.1) is 0 Å². The first kappa shape index (κ1) is 7.57. The number of nitrogens with two attached hydrogens (primary N) is 1. The van der Waals surface area contributed by atoms with E-state index in [0.717, 1.165) is 0 Å². The summed E-state index contributed by atoms with van der Waals surface area (Å²) in [4.78, 5) is 0. The van der Waals surface area contributed by atoms with Crippen molar-refractivity contribution in [3.05, 3.63) is 29.8 Å². The lowest BCUT2D eigenvalue weighted by Gasteiger charge is -1.94. The number of nitrogens with one attached hydrogen (secondary N) is 1. The minimum absolute atomic E-state index is 0.541. The van der Waals surface area contributed by atoms with Crippen molar-refractivity contribution in [1.82, 2.24) is 4.72 Å². The van der Waals surface area contributed by atoms with E-state index in [9.17, 15) is 8.42 Å². The predicted octanol–water partition coefficient (Wildman–Crippen LogP) is 0.200. The lowest BCUT2D eigenvalue weighted by Crippen LogP contribution is -1.88. The molecule has 1 aromatic carbocycles. The Morgan fingerprint density at radius 3 is 2.58 bits per heavy atom. The molecule has 0 amide bonds. The van der Waals surface area contributed by atoms with E-state index in [0.29, 0.717) is 11.3 Å². The maximum absolute atomic E-state index is 10.8. The maximum Gasteiger partial charge on any atom is 0.234 e. The predicted molar refractivity (Wildman–Crippen MR) is 45.7 cm³/mol. The fourth-order valence-corrected chi connectivity index (χ4v) is 2.21. The van der Waals surface area contributed by atoms with Crippen LogP contribution in [0.1, 0.15) is 10.9 Å². The van der Waals surface area contributed by atoms with Gasteiger partial charge < -0.3 is 5.73 Å². The van der Waals surface area contributed by atoms with Gasteiger partial charge in [-0.3, -0.25) is 0 Å². The lowest BCUT2D eigenvalue weighted by molar-refractivity contribution is 0.611. The molecule has 64 valence electrons. The molecular weight excluding hydrogens is 176 g/mol. The first-order valence-electron chi connectivity index (χ1n) is 3.46. The highest BCUT2D eigenvalue weighted by Gasteiger charge is 2.43. The number of hydrogen-bond donors (Lipinski definition) is 2. The van der Waals surface area contributed by atoms with Crippen LogP contribution in [0.5, 0.6) is 0 Å². The third-order valence-corrected chi connectivity index (χ3v) is 3.06. The number of sulfonamides is 1. The van der Waals surface area contributed by atoms with Gasteiger partial charge in [-0.05, 0) is 17.7 Å². The molecule has 1 aliphatic rings. The van der Waals surface area contributed by atoms with Crippen molar-refractivity contribution in [3.63, 3.8) is 0 Å². The Morgan fingerprint density at radius 1 is 1.42 bits per heavy atom. The number of anilines is 1. The minimum Gasteiger partial charge on any atom is -0.399 e. The molecule has 5 heteroatoms. The third-order valence-electron chi connectivity index (χ3n) is 1.74. The molecule has 1 aromatic rings. The highest BCUT2D eigenvalue weighted by atomic mass is 32.2. The Balaban J connectivity index is 2.38. The molecule has 0 spiro atoms. The molecule has 0 aliphatic carbocycles. The number of nitrogen functional groups attached to an aromatic ring is 1. The van der Waals surface area contributed by atoms with Gasteiger partial charge >= 0.3 is 0 Å². The van der Waals surface area contributed by atoms with Gasteiger partial charge in [-0.1, -0.05) is 12.1 Å². The molecule has 1 aliphatic heterocycles. The summed E-state index contributed by atoms with van der Waals surface area (Å²) in [6.45, 7) is 0. The van der Waals surface area contributed by atoms with Crippen LogP contribution in [-0.4, -0.2) is 8.42 Å². The zero-order valence-corrected chi connectivity index (χ0v) is 7.01. The van der Waals surface area contributed by atoms with Gasteiger partial charge in [-0.25, -0.2) is 8.42 Å². The summed E-state index contributed by atoms with van der Waals surface area (Å²) >= 11 is 0. The van der Waals surface area contributed by atoms with Crippen LogP contribution in [0.4, 0.5) is 5.69 Å². The van der Waals surface area contributed by atoms with E-state index >= 15 is 0 Å². The summed E-state index contributed by atoms with van der Waals surface area (Å²) < 4.78 is 24.0. The van der Waals surface area contributed by atoms with Crippen molar-refractivity contribution in [2.24, 2.45) is 0 Å². The van der Waals surface area contributed by atoms with Crippen LogP contribution >= 0.6 is 0 Å². The summed E-state index contributed by atoms with van der Waals surface area (Å²) in [7, 11) is -3.03. The highest BCUT2D eigenvalue weighted by Crippen LogP contribution is 2.31. The molecule has 0 saturated carbocycles. The zero-order valence-electron chi connectivity index (χ0n) is 6.19. The quantitative estimate of drug-likeness (QED) is 0.483. The fraction of sp³-hybridized carbons (Fsp3) is 0.143. The fourth-order valence-electron chi connectivity index (χ4n) is 1.09. The molecule has 0 aromatic heterocycles. The van der Waals surface area contributed by atoms with E-state index in [-0.39, 0.29) is 0 Å². The van der Waals surface area contributed by atoms with Crippen molar-refractivity contribution in [3.8, 4) is 0 Å². The monoisotopic (exact) mass is 184 g/mol. The standard InChI is InChI=1S/C7H8N2O2S/c8-6-3-1-2-5(4-6)7-9-12(7,10)11/h1-4,7,9H,8H2. The van der Waals surface area contributed by atoms with Crippen LogP contribution in [0.2, 0.25) is 0 Å². The highest BCUT2D eigenvalue weighted by molar-refractivity contribution is 7.96. The van der Waals surface area contributed by atoms with Gasteiger partial charge in [-0.15, -0.1) is 0 Å². The van der Waals surface area contributed by atoms with Gasteiger partial charge in [-0.2, -0.15) is 4.72 Å². The SMILES string of the molecule is Nc1cccc(C2NS2(=O)=O)c1. The molecule has 1 heterocycles.